The van der Waals surface area contributed by atoms with Gasteiger partial charge in [-0.3, -0.25) is 0 Å². The largest absolute Gasteiger partial charge is 0.569 e. The van der Waals surface area contributed by atoms with Gasteiger partial charge in [-0.2, -0.15) is 10.5 Å². The van der Waals surface area contributed by atoms with E-state index in [1.54, 1.807) is 18.2 Å². The van der Waals surface area contributed by atoms with E-state index >= 15 is 0 Å². The summed E-state index contributed by atoms with van der Waals surface area (Å²) < 4.78 is 7.61. The Hall–Kier alpha value is -2.63. The maximum Gasteiger partial charge on any atom is 0.569 e. The van der Waals surface area contributed by atoms with Crippen LogP contribution >= 0.6 is 54.5 Å². The summed E-state index contributed by atoms with van der Waals surface area (Å²) in [5.74, 6) is 0.639. The second kappa shape index (κ2) is 15.3. The molecule has 4 rings (SSSR count). The second-order valence-corrected chi connectivity index (χ2v) is 9.43. The molecule has 4 nitrogen and oxygen atoms in total. The molecule has 0 aliphatic heterocycles. The Morgan fingerprint density at radius 3 is 1.79 bits per heavy atom. The fraction of sp³-hybridized carbons (Fsp3) is 0. The first-order valence-corrected chi connectivity index (χ1v) is 12.4. The number of halogens is 3. The number of nitriles is 2. The minimum Gasteiger partial charge on any atom is -0.537 e. The van der Waals surface area contributed by atoms with Crippen molar-refractivity contribution in [3.63, 3.8) is 0 Å². The van der Waals surface area contributed by atoms with Gasteiger partial charge < -0.3 is 9.68 Å². The zero-order valence-corrected chi connectivity index (χ0v) is 23.0. The maximum atomic E-state index is 9.01. The van der Waals surface area contributed by atoms with Gasteiger partial charge in [-0.05, 0) is 76.7 Å². The van der Waals surface area contributed by atoms with Gasteiger partial charge in [0.25, 0.3) is 0 Å². The minimum atomic E-state index is 0.639. The fourth-order valence-corrected chi connectivity index (χ4v) is 4.40. The lowest BCUT2D eigenvalue weighted by Gasteiger charge is -2.04. The monoisotopic (exact) mass is 685 g/mol. The van der Waals surface area contributed by atoms with E-state index in [9.17, 15) is 0 Å². The van der Waals surface area contributed by atoms with Crippen molar-refractivity contribution in [2.24, 2.45) is 0 Å². The number of benzene rings is 4. The summed E-state index contributed by atoms with van der Waals surface area (Å²) in [5.41, 5.74) is 3.45. The smallest absolute Gasteiger partial charge is 0.537 e. The third kappa shape index (κ3) is 9.32. The highest BCUT2D eigenvalue weighted by molar-refractivity contribution is 14.1. The third-order valence-corrected chi connectivity index (χ3v) is 6.05. The summed E-state index contributed by atoms with van der Waals surface area (Å²) >= 11 is 8.86. The van der Waals surface area contributed by atoms with E-state index in [-0.39, 0.29) is 0 Å². The number of hydrogen-bond acceptors (Lipinski definition) is 4. The van der Waals surface area contributed by atoms with Crippen LogP contribution in [-0.2, 0) is 0 Å². The molecule has 0 amide bonds. The molecule has 0 saturated heterocycles. The molecule has 0 saturated carbocycles. The molecule has 167 valence electrons. The van der Waals surface area contributed by atoms with Gasteiger partial charge >= 0.3 is 7.69 Å². The summed E-state index contributed by atoms with van der Waals surface area (Å²) in [4.78, 5) is 0. The molecule has 0 aliphatic carbocycles. The number of rotatable bonds is 3. The van der Waals surface area contributed by atoms with Crippen molar-refractivity contribution in [1.29, 1.82) is 10.5 Å². The van der Waals surface area contributed by atoms with Gasteiger partial charge in [0.2, 0.25) is 0 Å². The van der Waals surface area contributed by atoms with Crippen LogP contribution in [0.2, 0.25) is 0 Å². The van der Waals surface area contributed by atoms with E-state index in [4.69, 9.17) is 15.5 Å². The molecule has 0 fully saturated rings. The molecule has 0 aromatic heterocycles. The van der Waals surface area contributed by atoms with Gasteiger partial charge in [0.1, 0.15) is 6.07 Å². The van der Waals surface area contributed by atoms with Crippen LogP contribution in [0.1, 0.15) is 11.1 Å². The fourth-order valence-electron chi connectivity index (χ4n) is 2.61. The van der Waals surface area contributed by atoms with Crippen LogP contribution in [-0.4, -0.2) is 12.7 Å². The van der Waals surface area contributed by atoms with Crippen molar-refractivity contribution in [2.45, 2.75) is 0 Å². The van der Waals surface area contributed by atoms with Crippen molar-refractivity contribution in [3.05, 3.63) is 121 Å². The van der Waals surface area contributed by atoms with Crippen LogP contribution in [0.15, 0.2) is 106 Å². The predicted octanol–water partition coefficient (Wildman–Crippen LogP) is 7.51. The minimum absolute atomic E-state index is 0.639. The Bertz CT molecular complexity index is 1280. The summed E-state index contributed by atoms with van der Waals surface area (Å²) in [6, 6.07) is 34.5. The van der Waals surface area contributed by atoms with Crippen LogP contribution < -0.4 is 4.65 Å². The topological polar surface area (TPSA) is 77.0 Å². The average Bonchev–Trinajstić information content (AvgIpc) is 2.86. The quantitative estimate of drug-likeness (QED) is 0.179. The Labute approximate surface area is 230 Å². The van der Waals surface area contributed by atoms with E-state index in [2.05, 4.69) is 71.2 Å². The molecule has 1 radical (unpaired) electrons. The molecule has 0 aliphatic rings. The molecule has 0 heterocycles. The first-order valence-electron chi connectivity index (χ1n) is 9.76. The molecule has 0 atom stereocenters. The molecule has 0 unspecified atom stereocenters. The molecule has 1 N–H and O–H groups in total. The molecular weight excluding hydrogens is 670 g/mol. The SMILES string of the molecule is N#Cc1ccc(Br)cc1-c1ccccc1.N#Cc1ccc(Br)cc1I.O[B]Oc1ccccc1. The Kier molecular flexibility index (Phi) is 12.4. The van der Waals surface area contributed by atoms with E-state index in [0.29, 0.717) is 19.0 Å². The maximum absolute atomic E-state index is 9.01. The number of para-hydroxylation sites is 1. The Balaban J connectivity index is 0.000000189. The summed E-state index contributed by atoms with van der Waals surface area (Å²) in [7, 11) is 0.662. The Morgan fingerprint density at radius 2 is 1.26 bits per heavy atom. The Morgan fingerprint density at radius 1 is 0.735 bits per heavy atom. The van der Waals surface area contributed by atoms with Gasteiger partial charge in [0.05, 0.1) is 22.9 Å². The number of nitrogens with zero attached hydrogens (tertiary/aromatic N) is 2. The van der Waals surface area contributed by atoms with Crippen molar-refractivity contribution < 1.29 is 9.68 Å². The van der Waals surface area contributed by atoms with E-state index in [0.717, 1.165) is 29.2 Å². The molecule has 0 spiro atoms. The van der Waals surface area contributed by atoms with Gasteiger partial charge in [-0.25, -0.2) is 0 Å². The molecule has 4 aromatic carbocycles. The normalized spacial score (nSPS) is 9.12. The van der Waals surface area contributed by atoms with Crippen LogP contribution in [0.5, 0.6) is 5.75 Å². The highest BCUT2D eigenvalue weighted by Gasteiger charge is 2.04. The van der Waals surface area contributed by atoms with Gasteiger partial charge in [-0.1, -0.05) is 80.4 Å². The van der Waals surface area contributed by atoms with Crippen LogP contribution in [0.3, 0.4) is 0 Å². The van der Waals surface area contributed by atoms with Crippen molar-refractivity contribution in [2.75, 3.05) is 0 Å². The van der Waals surface area contributed by atoms with Crippen molar-refractivity contribution in [3.8, 4) is 29.0 Å². The summed E-state index contributed by atoms with van der Waals surface area (Å²) in [6.07, 6.45) is 0. The summed E-state index contributed by atoms with van der Waals surface area (Å²) in [6.45, 7) is 0. The van der Waals surface area contributed by atoms with Crippen molar-refractivity contribution in [1.82, 2.24) is 0 Å². The van der Waals surface area contributed by atoms with Crippen LogP contribution in [0.4, 0.5) is 0 Å². The van der Waals surface area contributed by atoms with Crippen LogP contribution in [0.25, 0.3) is 11.1 Å². The van der Waals surface area contributed by atoms with E-state index in [1.165, 1.54) is 0 Å². The van der Waals surface area contributed by atoms with Crippen molar-refractivity contribution >= 4 is 62.1 Å². The van der Waals surface area contributed by atoms with E-state index in [1.807, 2.05) is 78.9 Å². The predicted molar refractivity (Wildman–Crippen MR) is 151 cm³/mol. The molecule has 34 heavy (non-hydrogen) atoms. The lowest BCUT2D eigenvalue weighted by Crippen LogP contribution is -1.98. The molecule has 8 heteroatoms. The third-order valence-electron chi connectivity index (χ3n) is 4.17. The summed E-state index contributed by atoms with van der Waals surface area (Å²) in [5, 5.41) is 25.7. The first-order chi connectivity index (χ1) is 16.5. The number of hydrogen-bond donors (Lipinski definition) is 1. The zero-order valence-electron chi connectivity index (χ0n) is 17.7. The van der Waals surface area contributed by atoms with Gasteiger partial charge in [0, 0.05) is 18.1 Å². The lowest BCUT2D eigenvalue weighted by atomic mass is 10.0. The standard InChI is InChI=1S/C13H8BrN.C7H3BrIN.C6H6BO2/c14-12-7-6-11(9-15)13(8-12)10-4-2-1-3-5-10;8-6-2-1-5(4-10)7(9)3-6;8-7-9-6-4-2-1-3-5-6/h1-8H;1-3H;1-5,8H. The highest BCUT2D eigenvalue weighted by atomic mass is 127. The zero-order chi connectivity index (χ0) is 24.8. The molecule has 0 bridgehead atoms. The first kappa shape index (κ1) is 27.6. The second-order valence-electron chi connectivity index (χ2n) is 6.44. The molecular formula is C26H17BBr2IN2O2. The van der Waals surface area contributed by atoms with Gasteiger partial charge in [0.15, 0.2) is 0 Å². The molecule has 4 aromatic rings. The van der Waals surface area contributed by atoms with Gasteiger partial charge in [-0.15, -0.1) is 0 Å². The van der Waals surface area contributed by atoms with E-state index < -0.39 is 0 Å². The lowest BCUT2D eigenvalue weighted by molar-refractivity contribution is 0.454. The average molecular weight is 687 g/mol. The van der Waals surface area contributed by atoms with Crippen LogP contribution in [0, 0.1) is 26.2 Å². The highest BCUT2D eigenvalue weighted by Crippen LogP contribution is 2.26.